The van der Waals surface area contributed by atoms with Crippen LogP contribution in [0.15, 0.2) is 53.4 Å². The fourth-order valence-corrected chi connectivity index (χ4v) is 6.54. The molecular weight excluding hydrogens is 446 g/mol. The van der Waals surface area contributed by atoms with Crippen LogP contribution in [0.3, 0.4) is 0 Å². The lowest BCUT2D eigenvalue weighted by Gasteiger charge is -2.31. The molecule has 0 radical (unpaired) electrons. The first kappa shape index (κ1) is 24.7. The van der Waals surface area contributed by atoms with E-state index in [1.165, 1.54) is 23.2 Å². The van der Waals surface area contributed by atoms with E-state index in [4.69, 9.17) is 0 Å². The number of hydrogen-bond acceptors (Lipinski definition) is 4. The summed E-state index contributed by atoms with van der Waals surface area (Å²) in [7, 11) is -1.42. The first-order valence-corrected chi connectivity index (χ1v) is 14.0. The Morgan fingerprint density at radius 3 is 2.44 bits per heavy atom. The molecule has 2 aliphatic rings. The predicted molar refractivity (Wildman–Crippen MR) is 137 cm³/mol. The molecule has 0 aromatic heterocycles. The van der Waals surface area contributed by atoms with Crippen LogP contribution in [0.1, 0.15) is 49.7 Å². The van der Waals surface area contributed by atoms with E-state index in [9.17, 15) is 13.2 Å². The van der Waals surface area contributed by atoms with Gasteiger partial charge in [-0.1, -0.05) is 24.3 Å². The lowest BCUT2D eigenvalue weighted by molar-refractivity contribution is -0.126. The Morgan fingerprint density at radius 2 is 1.71 bits per heavy atom. The van der Waals surface area contributed by atoms with Crippen molar-refractivity contribution < 1.29 is 13.2 Å². The topological polar surface area (TPSA) is 69.7 Å². The van der Waals surface area contributed by atoms with Crippen molar-refractivity contribution in [2.45, 2.75) is 56.3 Å². The molecule has 1 aliphatic heterocycles. The molecule has 0 bridgehead atoms. The summed E-state index contributed by atoms with van der Waals surface area (Å²) in [5.74, 6) is -0.0516. The number of nitrogens with zero attached hydrogens (tertiary/aromatic N) is 2. The number of carbonyl (C=O) groups excluding carboxylic acids is 1. The van der Waals surface area contributed by atoms with E-state index in [2.05, 4.69) is 29.4 Å². The number of fused-ring (bicyclic) bond motifs is 1. The maximum absolute atomic E-state index is 13.2. The normalized spacial score (nSPS) is 17.2. The van der Waals surface area contributed by atoms with E-state index in [-0.39, 0.29) is 11.8 Å². The van der Waals surface area contributed by atoms with Gasteiger partial charge in [0.25, 0.3) is 0 Å². The van der Waals surface area contributed by atoms with Crippen LogP contribution < -0.4 is 10.2 Å². The van der Waals surface area contributed by atoms with Gasteiger partial charge >= 0.3 is 0 Å². The molecule has 6 nitrogen and oxygen atoms in total. The Hall–Kier alpha value is -2.38. The number of anilines is 1. The molecule has 0 unspecified atom stereocenters. The third-order valence-electron chi connectivity index (χ3n) is 7.20. The van der Waals surface area contributed by atoms with Gasteiger partial charge < -0.3 is 10.2 Å². The van der Waals surface area contributed by atoms with E-state index in [1.807, 2.05) is 30.3 Å². The van der Waals surface area contributed by atoms with Crippen molar-refractivity contribution in [1.82, 2.24) is 9.62 Å². The van der Waals surface area contributed by atoms with Crippen molar-refractivity contribution in [2.75, 3.05) is 38.1 Å². The van der Waals surface area contributed by atoms with Gasteiger partial charge in [-0.15, -0.1) is 0 Å². The van der Waals surface area contributed by atoms with E-state index in [0.717, 1.165) is 38.6 Å². The average Bonchev–Trinajstić information content (AvgIpc) is 2.88. The van der Waals surface area contributed by atoms with Gasteiger partial charge in [-0.2, -0.15) is 4.31 Å². The van der Waals surface area contributed by atoms with Crippen LogP contribution in [0.2, 0.25) is 0 Å². The molecule has 184 valence electrons. The van der Waals surface area contributed by atoms with Crippen LogP contribution in [0.4, 0.5) is 5.69 Å². The number of carbonyl (C=O) groups is 1. The van der Waals surface area contributed by atoms with Crippen molar-refractivity contribution >= 4 is 21.6 Å². The van der Waals surface area contributed by atoms with Crippen LogP contribution in [-0.2, 0) is 27.7 Å². The number of sulfonamides is 1. The lowest BCUT2D eigenvalue weighted by atomic mass is 9.92. The summed E-state index contributed by atoms with van der Waals surface area (Å²) in [4.78, 5) is 15.2. The Bertz CT molecular complexity index is 1060. The number of rotatable bonds is 9. The summed E-state index contributed by atoms with van der Waals surface area (Å²) in [6.07, 6.45) is 7.39. The van der Waals surface area contributed by atoms with Gasteiger partial charge in [-0.3, -0.25) is 4.79 Å². The molecule has 0 saturated carbocycles. The Kier molecular flexibility index (Phi) is 8.27. The SMILES string of the molecule is CN(CCCCNC(=O)C1CCN(S(=O)(=O)c2ccc3c(c2)CCCC3)CC1)c1ccccc1. The Morgan fingerprint density at radius 1 is 1.00 bits per heavy atom. The quantitative estimate of drug-likeness (QED) is 0.548. The third kappa shape index (κ3) is 5.99. The van der Waals surface area contributed by atoms with Gasteiger partial charge in [-0.25, -0.2) is 8.42 Å². The molecule has 0 spiro atoms. The smallest absolute Gasteiger partial charge is 0.243 e. The fraction of sp³-hybridized carbons (Fsp3) is 0.519. The van der Waals surface area contributed by atoms with Crippen LogP contribution in [-0.4, -0.2) is 51.9 Å². The minimum absolute atomic E-state index is 0.0576. The first-order valence-electron chi connectivity index (χ1n) is 12.6. The zero-order chi connectivity index (χ0) is 24.0. The van der Waals surface area contributed by atoms with E-state index < -0.39 is 10.0 Å². The van der Waals surface area contributed by atoms with Gasteiger partial charge in [0.1, 0.15) is 0 Å². The van der Waals surface area contributed by atoms with Crippen LogP contribution >= 0.6 is 0 Å². The highest BCUT2D eigenvalue weighted by atomic mass is 32.2. The average molecular weight is 484 g/mol. The predicted octanol–water partition coefficient (Wildman–Crippen LogP) is 4.00. The van der Waals surface area contributed by atoms with Crippen LogP contribution in [0.25, 0.3) is 0 Å². The number of aryl methyl sites for hydroxylation is 2. The van der Waals surface area contributed by atoms with E-state index in [1.54, 1.807) is 10.4 Å². The molecular formula is C27H37N3O3S. The third-order valence-corrected chi connectivity index (χ3v) is 9.09. The summed E-state index contributed by atoms with van der Waals surface area (Å²) in [5, 5.41) is 3.06. The van der Waals surface area contributed by atoms with E-state index in [0.29, 0.717) is 37.4 Å². The van der Waals surface area contributed by atoms with Gasteiger partial charge in [0.2, 0.25) is 15.9 Å². The fourth-order valence-electron chi connectivity index (χ4n) is 5.02. The number of hydrogen-bond donors (Lipinski definition) is 1. The minimum atomic E-state index is -3.50. The van der Waals surface area contributed by atoms with Crippen molar-refractivity contribution in [3.63, 3.8) is 0 Å². The highest BCUT2D eigenvalue weighted by molar-refractivity contribution is 7.89. The maximum Gasteiger partial charge on any atom is 0.243 e. The molecule has 4 rings (SSSR count). The summed E-state index contributed by atoms with van der Waals surface area (Å²) in [6, 6.07) is 15.9. The van der Waals surface area contributed by atoms with Crippen LogP contribution in [0, 0.1) is 5.92 Å². The Balaban J connectivity index is 1.19. The monoisotopic (exact) mass is 483 g/mol. The Labute approximate surface area is 204 Å². The lowest BCUT2D eigenvalue weighted by Crippen LogP contribution is -2.43. The zero-order valence-electron chi connectivity index (χ0n) is 20.2. The molecule has 34 heavy (non-hydrogen) atoms. The molecule has 1 fully saturated rings. The molecule has 2 aromatic rings. The second kappa shape index (κ2) is 11.4. The molecule has 1 aliphatic carbocycles. The van der Waals surface area contributed by atoms with Crippen molar-refractivity contribution in [2.24, 2.45) is 5.92 Å². The molecule has 7 heteroatoms. The number of amides is 1. The first-order chi connectivity index (χ1) is 16.4. The van der Waals surface area contributed by atoms with Gasteiger partial charge in [0, 0.05) is 44.8 Å². The van der Waals surface area contributed by atoms with Crippen molar-refractivity contribution in [3.05, 3.63) is 59.7 Å². The molecule has 1 saturated heterocycles. The molecule has 1 amide bonds. The van der Waals surface area contributed by atoms with Crippen molar-refractivity contribution in [3.8, 4) is 0 Å². The highest BCUT2D eigenvalue weighted by Crippen LogP contribution is 2.28. The van der Waals surface area contributed by atoms with Gasteiger partial charge in [0.05, 0.1) is 4.90 Å². The summed E-state index contributed by atoms with van der Waals surface area (Å²) in [5.41, 5.74) is 3.66. The number of unbranched alkanes of at least 4 members (excludes halogenated alkanes) is 1. The zero-order valence-corrected chi connectivity index (χ0v) is 21.0. The molecule has 1 heterocycles. The van der Waals surface area contributed by atoms with Gasteiger partial charge in [0.15, 0.2) is 0 Å². The maximum atomic E-state index is 13.2. The standard InChI is InChI=1S/C27H37N3O3S/c1-29(25-11-3-2-4-12-25)18-8-7-17-28-27(31)23-15-19-30(20-16-23)34(32,33)26-14-13-22-9-5-6-10-24(22)21-26/h2-4,11-14,21,23H,5-10,15-20H2,1H3,(H,28,31). The number of para-hydroxylation sites is 1. The van der Waals surface area contributed by atoms with E-state index >= 15 is 0 Å². The second-order valence-electron chi connectivity index (χ2n) is 9.57. The number of nitrogens with one attached hydrogen (secondary N) is 1. The summed E-state index contributed by atoms with van der Waals surface area (Å²) >= 11 is 0. The highest BCUT2D eigenvalue weighted by Gasteiger charge is 2.32. The van der Waals surface area contributed by atoms with Crippen molar-refractivity contribution in [1.29, 1.82) is 0 Å². The molecule has 2 aromatic carbocycles. The summed E-state index contributed by atoms with van der Waals surface area (Å²) < 4.78 is 27.9. The second-order valence-corrected chi connectivity index (χ2v) is 11.5. The van der Waals surface area contributed by atoms with Gasteiger partial charge in [-0.05, 0) is 86.8 Å². The number of piperidine rings is 1. The number of benzene rings is 2. The molecule has 1 N–H and O–H groups in total. The largest absolute Gasteiger partial charge is 0.375 e. The molecule has 0 atom stereocenters. The summed E-state index contributed by atoms with van der Waals surface area (Å²) in [6.45, 7) is 2.41. The van der Waals surface area contributed by atoms with Crippen LogP contribution in [0.5, 0.6) is 0 Å². The minimum Gasteiger partial charge on any atom is -0.375 e.